The Labute approximate surface area is 180 Å². The maximum absolute atomic E-state index is 13.0. The van der Waals surface area contributed by atoms with Crippen molar-refractivity contribution >= 4 is 17.7 Å². The van der Waals surface area contributed by atoms with Gasteiger partial charge in [-0.15, -0.1) is 11.8 Å². The van der Waals surface area contributed by atoms with Gasteiger partial charge in [0, 0.05) is 12.1 Å². The van der Waals surface area contributed by atoms with E-state index >= 15 is 0 Å². The normalized spacial score (nSPS) is 10.9. The molecule has 0 fully saturated rings. The maximum atomic E-state index is 13.0. The standard InChI is InChI=1S/C22H17F2N3O3S/c23-16-5-1-14(2-6-16)11-25-20(28)13-31-12-18-9-10-19(29-18)22-26-21(27-30-22)15-3-7-17(24)8-4-15/h1-10H,11-13H2,(H,25,28). The number of nitrogens with zero attached hydrogens (tertiary/aromatic N) is 2. The number of amides is 1. The SMILES string of the molecule is O=C(CSCc1ccc(-c2nc(-c3ccc(F)cc3)no2)o1)NCc1ccc(F)cc1. The Bertz CT molecular complexity index is 1160. The van der Waals surface area contributed by atoms with E-state index in [-0.39, 0.29) is 29.2 Å². The molecular formula is C22H17F2N3O3S. The summed E-state index contributed by atoms with van der Waals surface area (Å²) in [6.07, 6.45) is 0. The molecule has 0 unspecified atom stereocenters. The largest absolute Gasteiger partial charge is 0.455 e. The number of halogens is 2. The van der Waals surface area contributed by atoms with E-state index in [4.69, 9.17) is 8.94 Å². The molecule has 0 atom stereocenters. The molecular weight excluding hydrogens is 424 g/mol. The summed E-state index contributed by atoms with van der Waals surface area (Å²) >= 11 is 1.40. The zero-order valence-corrected chi connectivity index (χ0v) is 17.0. The summed E-state index contributed by atoms with van der Waals surface area (Å²) in [5.74, 6) is 1.59. The Hall–Kier alpha value is -3.46. The van der Waals surface area contributed by atoms with Crippen molar-refractivity contribution in [3.05, 3.63) is 83.6 Å². The van der Waals surface area contributed by atoms with Crippen molar-refractivity contribution in [3.63, 3.8) is 0 Å². The van der Waals surface area contributed by atoms with Crippen LogP contribution in [0.15, 0.2) is 69.6 Å². The van der Waals surface area contributed by atoms with Crippen LogP contribution in [-0.4, -0.2) is 21.8 Å². The summed E-state index contributed by atoms with van der Waals surface area (Å²) < 4.78 is 36.9. The minimum Gasteiger partial charge on any atom is -0.455 e. The quantitative estimate of drug-likeness (QED) is 0.422. The van der Waals surface area contributed by atoms with E-state index in [9.17, 15) is 13.6 Å². The fourth-order valence-corrected chi connectivity index (χ4v) is 3.45. The first-order chi connectivity index (χ1) is 15.1. The van der Waals surface area contributed by atoms with Crippen molar-refractivity contribution in [2.45, 2.75) is 12.3 Å². The molecule has 9 heteroatoms. The number of thioether (sulfide) groups is 1. The third-order valence-corrected chi connectivity index (χ3v) is 5.24. The number of carbonyl (C=O) groups is 1. The van der Waals surface area contributed by atoms with Crippen LogP contribution in [0.4, 0.5) is 8.78 Å². The lowest BCUT2D eigenvalue weighted by Gasteiger charge is -2.05. The number of furan rings is 1. The fraction of sp³-hybridized carbons (Fsp3) is 0.136. The Kier molecular flexibility index (Phi) is 6.42. The third kappa shape index (κ3) is 5.58. The summed E-state index contributed by atoms with van der Waals surface area (Å²) in [6, 6.07) is 15.2. The highest BCUT2D eigenvalue weighted by Crippen LogP contribution is 2.25. The molecule has 0 radical (unpaired) electrons. The second-order valence-corrected chi connectivity index (χ2v) is 7.58. The zero-order valence-electron chi connectivity index (χ0n) is 16.2. The van der Waals surface area contributed by atoms with Crippen LogP contribution in [0, 0.1) is 11.6 Å². The van der Waals surface area contributed by atoms with E-state index in [0.29, 0.717) is 35.2 Å². The molecule has 2 heterocycles. The highest BCUT2D eigenvalue weighted by Gasteiger charge is 2.14. The van der Waals surface area contributed by atoms with Crippen LogP contribution in [-0.2, 0) is 17.1 Å². The first kappa shape index (κ1) is 20.8. The Morgan fingerprint density at radius 3 is 2.42 bits per heavy atom. The van der Waals surface area contributed by atoms with Gasteiger partial charge in [0.25, 0.3) is 5.89 Å². The van der Waals surface area contributed by atoms with Crippen molar-refractivity contribution in [2.24, 2.45) is 0 Å². The molecule has 0 spiro atoms. The van der Waals surface area contributed by atoms with Crippen molar-refractivity contribution in [1.82, 2.24) is 15.5 Å². The van der Waals surface area contributed by atoms with Crippen molar-refractivity contribution in [2.75, 3.05) is 5.75 Å². The molecule has 4 rings (SSSR count). The molecule has 6 nitrogen and oxygen atoms in total. The lowest BCUT2D eigenvalue weighted by molar-refractivity contribution is -0.118. The molecule has 0 saturated carbocycles. The second kappa shape index (κ2) is 9.57. The van der Waals surface area contributed by atoms with E-state index in [0.717, 1.165) is 5.56 Å². The zero-order chi connectivity index (χ0) is 21.6. The number of nitrogens with one attached hydrogen (secondary N) is 1. The number of hydrogen-bond donors (Lipinski definition) is 1. The molecule has 1 amide bonds. The van der Waals surface area contributed by atoms with Crippen LogP contribution in [0.3, 0.4) is 0 Å². The first-order valence-corrected chi connectivity index (χ1v) is 10.5. The first-order valence-electron chi connectivity index (χ1n) is 9.34. The second-order valence-electron chi connectivity index (χ2n) is 6.59. The van der Waals surface area contributed by atoms with Crippen LogP contribution >= 0.6 is 11.8 Å². The average Bonchev–Trinajstić information content (AvgIpc) is 3.44. The lowest BCUT2D eigenvalue weighted by atomic mass is 10.2. The average molecular weight is 441 g/mol. The predicted octanol–water partition coefficient (Wildman–Crippen LogP) is 4.82. The van der Waals surface area contributed by atoms with Gasteiger partial charge in [-0.25, -0.2) is 8.78 Å². The van der Waals surface area contributed by atoms with E-state index < -0.39 is 0 Å². The summed E-state index contributed by atoms with van der Waals surface area (Å²) in [5, 5.41) is 6.68. The van der Waals surface area contributed by atoms with Crippen molar-refractivity contribution in [1.29, 1.82) is 0 Å². The molecule has 158 valence electrons. The van der Waals surface area contributed by atoms with E-state index in [1.807, 2.05) is 0 Å². The molecule has 2 aromatic heterocycles. The maximum Gasteiger partial charge on any atom is 0.293 e. The van der Waals surface area contributed by atoms with Crippen LogP contribution in [0.2, 0.25) is 0 Å². The fourth-order valence-electron chi connectivity index (χ4n) is 2.71. The molecule has 0 aliphatic carbocycles. The van der Waals surface area contributed by atoms with Gasteiger partial charge in [0.1, 0.15) is 17.4 Å². The smallest absolute Gasteiger partial charge is 0.293 e. The van der Waals surface area contributed by atoms with Crippen LogP contribution < -0.4 is 5.32 Å². The summed E-state index contributed by atoms with van der Waals surface area (Å²) in [4.78, 5) is 16.2. The van der Waals surface area contributed by atoms with Crippen molar-refractivity contribution in [3.8, 4) is 23.0 Å². The molecule has 0 bridgehead atoms. The van der Waals surface area contributed by atoms with E-state index in [2.05, 4.69) is 15.5 Å². The van der Waals surface area contributed by atoms with Gasteiger partial charge in [-0.05, 0) is 54.1 Å². The molecule has 0 aliphatic rings. The van der Waals surface area contributed by atoms with Crippen LogP contribution in [0.1, 0.15) is 11.3 Å². The van der Waals surface area contributed by atoms with Crippen LogP contribution in [0.5, 0.6) is 0 Å². The van der Waals surface area contributed by atoms with Gasteiger partial charge in [-0.3, -0.25) is 4.79 Å². The Balaban J connectivity index is 1.26. The number of carbonyl (C=O) groups excluding carboxylic acids is 1. The number of aromatic nitrogens is 2. The lowest BCUT2D eigenvalue weighted by Crippen LogP contribution is -2.24. The van der Waals surface area contributed by atoms with Gasteiger partial charge in [-0.1, -0.05) is 17.3 Å². The van der Waals surface area contributed by atoms with Gasteiger partial charge >= 0.3 is 0 Å². The topological polar surface area (TPSA) is 81.2 Å². The molecule has 0 aliphatic heterocycles. The van der Waals surface area contributed by atoms with Gasteiger partial charge < -0.3 is 14.3 Å². The molecule has 31 heavy (non-hydrogen) atoms. The molecule has 1 N–H and O–H groups in total. The number of rotatable bonds is 8. The van der Waals surface area contributed by atoms with Gasteiger partial charge in [-0.2, -0.15) is 4.98 Å². The Morgan fingerprint density at radius 2 is 1.68 bits per heavy atom. The van der Waals surface area contributed by atoms with E-state index in [1.54, 1.807) is 36.4 Å². The van der Waals surface area contributed by atoms with Gasteiger partial charge in [0.05, 0.1) is 11.5 Å². The summed E-state index contributed by atoms with van der Waals surface area (Å²) in [7, 11) is 0. The molecule has 2 aromatic carbocycles. The van der Waals surface area contributed by atoms with Gasteiger partial charge in [0.15, 0.2) is 5.76 Å². The highest BCUT2D eigenvalue weighted by atomic mass is 32.2. The minimum atomic E-state index is -0.343. The predicted molar refractivity (Wildman–Crippen MR) is 112 cm³/mol. The minimum absolute atomic E-state index is 0.123. The van der Waals surface area contributed by atoms with Crippen molar-refractivity contribution < 1.29 is 22.5 Å². The summed E-state index contributed by atoms with van der Waals surface area (Å²) in [6.45, 7) is 0.345. The molecule has 0 saturated heterocycles. The van der Waals surface area contributed by atoms with E-state index in [1.165, 1.54) is 36.0 Å². The number of benzene rings is 2. The Morgan fingerprint density at radius 1 is 0.968 bits per heavy atom. The molecule has 4 aromatic rings. The van der Waals surface area contributed by atoms with Crippen LogP contribution in [0.25, 0.3) is 23.0 Å². The highest BCUT2D eigenvalue weighted by molar-refractivity contribution is 7.99. The van der Waals surface area contributed by atoms with Gasteiger partial charge in [0.2, 0.25) is 11.7 Å². The summed E-state index contributed by atoms with van der Waals surface area (Å²) in [5.41, 5.74) is 1.46. The number of hydrogen-bond acceptors (Lipinski definition) is 6. The third-order valence-electron chi connectivity index (χ3n) is 4.28. The monoisotopic (exact) mass is 441 g/mol.